The van der Waals surface area contributed by atoms with E-state index < -0.39 is 35.1 Å². The van der Waals surface area contributed by atoms with Crippen LogP contribution in [0, 0.1) is 35.1 Å². The Hall–Kier alpha value is -4.48. The van der Waals surface area contributed by atoms with Gasteiger partial charge in [0, 0.05) is 37.4 Å². The van der Waals surface area contributed by atoms with Gasteiger partial charge in [-0.25, -0.2) is 37.5 Å². The van der Waals surface area contributed by atoms with Crippen LogP contribution in [-0.2, 0) is 9.59 Å². The van der Waals surface area contributed by atoms with Crippen molar-refractivity contribution in [3.63, 3.8) is 0 Å². The second-order valence-electron chi connectivity index (χ2n) is 18.4. The molecule has 2 unspecified atom stereocenters. The monoisotopic (exact) mass is 887 g/mol. The zero-order valence-corrected chi connectivity index (χ0v) is 38.9. The van der Waals surface area contributed by atoms with Gasteiger partial charge in [-0.2, -0.15) is 0 Å². The Kier molecular flexibility index (Phi) is 18.5. The predicted octanol–water partition coefficient (Wildman–Crippen LogP) is 14.4. The summed E-state index contributed by atoms with van der Waals surface area (Å²) in [6, 6.07) is 3.87. The van der Waals surface area contributed by atoms with E-state index in [-0.39, 0.29) is 68.1 Å². The number of unbranched alkanes of at least 4 members (excludes halogenated alkanes) is 16. The average Bonchev–Trinajstić information content (AvgIpc) is 3.68. The minimum Gasteiger partial charge on any atom is -0.290 e. The Morgan fingerprint density at radius 2 is 0.672 bits per heavy atom. The fourth-order valence-electron chi connectivity index (χ4n) is 9.57. The molecule has 4 aromatic rings. The van der Waals surface area contributed by atoms with Crippen molar-refractivity contribution >= 4 is 56.7 Å². The number of hydrogen-bond acceptors (Lipinski definition) is 6. The molecule has 0 bridgehead atoms. The third-order valence-electron chi connectivity index (χ3n) is 13.3. The van der Waals surface area contributed by atoms with Crippen molar-refractivity contribution in [1.29, 1.82) is 0 Å². The summed E-state index contributed by atoms with van der Waals surface area (Å²) < 4.78 is 59.0. The zero-order valence-electron chi connectivity index (χ0n) is 38.9. The second kappa shape index (κ2) is 24.2. The summed E-state index contributed by atoms with van der Waals surface area (Å²) in [6.07, 6.45) is 25.8. The highest BCUT2D eigenvalue weighted by Gasteiger charge is 2.46. The van der Waals surface area contributed by atoms with E-state index in [0.717, 1.165) is 140 Å². The van der Waals surface area contributed by atoms with Gasteiger partial charge in [0.05, 0.1) is 33.2 Å². The molecule has 12 heteroatoms. The van der Waals surface area contributed by atoms with E-state index in [9.17, 15) is 17.6 Å². The van der Waals surface area contributed by atoms with E-state index in [4.69, 9.17) is 19.9 Å². The number of anilines is 2. The molecule has 2 aromatic carbocycles. The smallest absolute Gasteiger partial charge is 0.262 e. The molecule has 0 spiro atoms. The van der Waals surface area contributed by atoms with Crippen LogP contribution in [0.4, 0.5) is 29.2 Å². The molecule has 0 saturated heterocycles. The molecule has 0 fully saturated rings. The first-order chi connectivity index (χ1) is 31.1. The lowest BCUT2D eigenvalue weighted by Crippen LogP contribution is -2.34. The third kappa shape index (κ3) is 12.0. The number of fused-ring (bicyclic) bond motifs is 4. The fraction of sp³-hybridized carbons (Fsp3) is 0.615. The van der Waals surface area contributed by atoms with E-state index >= 15 is 9.59 Å². The van der Waals surface area contributed by atoms with Crippen LogP contribution in [0.2, 0.25) is 0 Å². The Balaban J connectivity index is 1.45. The van der Waals surface area contributed by atoms with Crippen molar-refractivity contribution < 1.29 is 27.2 Å². The van der Waals surface area contributed by atoms with Gasteiger partial charge < -0.3 is 0 Å². The molecular weight excluding hydrogens is 817 g/mol. The molecule has 2 atom stereocenters. The minimum absolute atomic E-state index is 0.0318. The minimum atomic E-state index is -1.11. The van der Waals surface area contributed by atoms with Crippen LogP contribution in [-0.4, -0.2) is 44.8 Å². The van der Waals surface area contributed by atoms with Crippen LogP contribution in [0.15, 0.2) is 24.3 Å². The van der Waals surface area contributed by atoms with Crippen LogP contribution >= 0.6 is 0 Å². The van der Waals surface area contributed by atoms with E-state index in [1.54, 1.807) is 9.80 Å². The number of benzene rings is 2. The van der Waals surface area contributed by atoms with Crippen molar-refractivity contribution in [2.45, 2.75) is 182 Å². The largest absolute Gasteiger partial charge is 0.290 e. The summed E-state index contributed by atoms with van der Waals surface area (Å²) in [5, 5.41) is 0. The molecule has 64 heavy (non-hydrogen) atoms. The van der Waals surface area contributed by atoms with Gasteiger partial charge in [-0.1, -0.05) is 156 Å². The van der Waals surface area contributed by atoms with E-state index in [0.29, 0.717) is 13.1 Å². The molecule has 4 heterocycles. The van der Waals surface area contributed by atoms with Crippen molar-refractivity contribution in [1.82, 2.24) is 19.9 Å². The van der Waals surface area contributed by atoms with Crippen LogP contribution in [0.5, 0.6) is 0 Å². The Bertz CT molecular complexity index is 2090. The molecule has 0 radical (unpaired) electrons. The van der Waals surface area contributed by atoms with Crippen LogP contribution in [0.3, 0.4) is 0 Å². The summed E-state index contributed by atoms with van der Waals surface area (Å²) in [4.78, 5) is 52.7. The van der Waals surface area contributed by atoms with Crippen LogP contribution in [0.25, 0.3) is 33.2 Å². The van der Waals surface area contributed by atoms with Gasteiger partial charge in [0.1, 0.15) is 11.4 Å². The third-order valence-corrected chi connectivity index (χ3v) is 13.3. The first-order valence-electron chi connectivity index (χ1n) is 24.8. The van der Waals surface area contributed by atoms with Gasteiger partial charge >= 0.3 is 0 Å². The number of hydrogen-bond donors (Lipinski definition) is 0. The molecule has 2 aliphatic rings. The SMILES string of the molecule is CCCCCCCCC(CCCCCC)CN1C(=O)C(=C2C(=O)N(CC(CCCCCC)CCCCCCCC)c3nc4cc(F)c(F)cc4nc32)c2nc3cc(F)c(F)cc3nc21. The number of aromatic nitrogens is 4. The number of carbonyl (C=O) groups excluding carboxylic acids is 2. The molecule has 0 saturated carbocycles. The highest BCUT2D eigenvalue weighted by molar-refractivity contribution is 6.49. The second-order valence-corrected chi connectivity index (χ2v) is 18.4. The predicted molar refractivity (Wildman–Crippen MR) is 251 cm³/mol. The summed E-state index contributed by atoms with van der Waals surface area (Å²) in [7, 11) is 0. The molecule has 2 amide bonds. The lowest BCUT2D eigenvalue weighted by molar-refractivity contribution is -0.114. The maximum absolute atomic E-state index is 15.2. The standard InChI is InChI=1S/C52H70F4N6O2/c1-5-9-13-17-19-23-27-35(25-21-15-11-7-3)33-61-49-47(57-41-29-37(53)39(55)31-43(41)59-49)45(51(61)63)46-48-50(60-44-32-40(56)38(54)30-42(44)58-48)62(52(46)64)34-36(26-22-16-12-8-4)28-24-20-18-14-10-6-2/h29-32,35-36H,5-28,33-34H2,1-4H3. The van der Waals surface area contributed by atoms with Gasteiger partial charge in [0.15, 0.2) is 34.9 Å². The normalized spacial score (nSPS) is 15.9. The number of nitrogens with zero attached hydrogens (tertiary/aromatic N) is 6. The van der Waals surface area contributed by atoms with Crippen molar-refractivity contribution in [3.8, 4) is 0 Å². The summed E-state index contributed by atoms with van der Waals surface area (Å²) in [5.41, 5.74) is 0.312. The quantitative estimate of drug-likeness (QED) is 0.0320. The van der Waals surface area contributed by atoms with E-state index in [1.807, 2.05) is 0 Å². The first-order valence-corrected chi connectivity index (χ1v) is 24.8. The molecule has 6 rings (SSSR count). The first kappa shape index (κ1) is 49.0. The molecule has 0 aliphatic carbocycles. The van der Waals surface area contributed by atoms with Gasteiger partial charge in [0.25, 0.3) is 11.8 Å². The van der Waals surface area contributed by atoms with Gasteiger partial charge in [-0.15, -0.1) is 0 Å². The van der Waals surface area contributed by atoms with Gasteiger partial charge in [-0.05, 0) is 37.5 Å². The van der Waals surface area contributed by atoms with Crippen molar-refractivity contribution in [2.24, 2.45) is 11.8 Å². The Morgan fingerprint density at radius 3 is 0.984 bits per heavy atom. The number of amides is 2. The average molecular weight is 887 g/mol. The van der Waals surface area contributed by atoms with Gasteiger partial charge in [-0.3, -0.25) is 19.4 Å². The molecular formula is C52H70F4N6O2. The van der Waals surface area contributed by atoms with E-state index in [2.05, 4.69) is 27.7 Å². The topological polar surface area (TPSA) is 92.2 Å². The highest BCUT2D eigenvalue weighted by atomic mass is 19.2. The summed E-state index contributed by atoms with van der Waals surface area (Å²) in [6.45, 7) is 9.37. The molecule has 2 aromatic heterocycles. The van der Waals surface area contributed by atoms with E-state index in [1.165, 1.54) is 38.5 Å². The number of halogens is 4. The Morgan fingerprint density at radius 1 is 0.406 bits per heavy atom. The fourth-order valence-corrected chi connectivity index (χ4v) is 9.57. The maximum atomic E-state index is 15.2. The van der Waals surface area contributed by atoms with Crippen molar-refractivity contribution in [3.05, 3.63) is 58.9 Å². The van der Waals surface area contributed by atoms with Crippen molar-refractivity contribution in [2.75, 3.05) is 22.9 Å². The number of carbonyl (C=O) groups is 2. The molecule has 348 valence electrons. The molecule has 0 N–H and O–H groups in total. The highest BCUT2D eigenvalue weighted by Crippen LogP contribution is 2.46. The zero-order chi connectivity index (χ0) is 45.6. The Labute approximate surface area is 378 Å². The molecule has 2 aliphatic heterocycles. The summed E-state index contributed by atoms with van der Waals surface area (Å²) in [5.74, 6) is -4.80. The summed E-state index contributed by atoms with van der Waals surface area (Å²) >= 11 is 0. The lowest BCUT2D eigenvalue weighted by Gasteiger charge is -2.24. The molecule has 8 nitrogen and oxygen atoms in total. The number of rotatable bonds is 28. The van der Waals surface area contributed by atoms with Crippen LogP contribution in [0.1, 0.15) is 193 Å². The maximum Gasteiger partial charge on any atom is 0.262 e. The van der Waals surface area contributed by atoms with Gasteiger partial charge in [0.2, 0.25) is 0 Å². The lowest BCUT2D eigenvalue weighted by atomic mass is 9.93. The van der Waals surface area contributed by atoms with Crippen LogP contribution < -0.4 is 9.80 Å².